The minimum Gasteiger partial charge on any atom is -0.497 e. The molecule has 1 aromatic rings. The molecular weight excluding hydrogens is 250 g/mol. The van der Waals surface area contributed by atoms with Gasteiger partial charge in [-0.05, 0) is 44.7 Å². The Labute approximate surface area is 121 Å². The summed E-state index contributed by atoms with van der Waals surface area (Å²) in [5.41, 5.74) is 1.29. The molecule has 1 heterocycles. The third kappa shape index (κ3) is 2.08. The summed E-state index contributed by atoms with van der Waals surface area (Å²) in [6, 6.07) is 6.59. The van der Waals surface area contributed by atoms with Gasteiger partial charge in [-0.3, -0.25) is 0 Å². The highest BCUT2D eigenvalue weighted by Gasteiger charge is 2.48. The van der Waals surface area contributed by atoms with Gasteiger partial charge < -0.3 is 14.8 Å². The smallest absolute Gasteiger partial charge is 0.128 e. The topological polar surface area (TPSA) is 30.5 Å². The number of fused-ring (bicyclic) bond motifs is 1. The highest BCUT2D eigenvalue weighted by Crippen LogP contribution is 2.51. The summed E-state index contributed by atoms with van der Waals surface area (Å²) in [4.78, 5) is 0. The Kier molecular flexibility index (Phi) is 3.63. The van der Waals surface area contributed by atoms with Gasteiger partial charge >= 0.3 is 0 Å². The summed E-state index contributed by atoms with van der Waals surface area (Å²) >= 11 is 0. The molecule has 1 spiro atoms. The number of rotatable bonds is 3. The number of nitrogens with one attached hydrogen (secondary N) is 1. The number of hydrogen-bond acceptors (Lipinski definition) is 3. The summed E-state index contributed by atoms with van der Waals surface area (Å²) in [5.74, 6) is 2.56. The summed E-state index contributed by atoms with van der Waals surface area (Å²) in [6.07, 6.45) is 6.05. The third-order valence-electron chi connectivity index (χ3n) is 5.20. The van der Waals surface area contributed by atoms with Gasteiger partial charge in [-0.25, -0.2) is 0 Å². The SMILES string of the molecule is CCC1CCCC12CC(NC)c1ccc(OC)cc1O2. The van der Waals surface area contributed by atoms with E-state index in [1.165, 1.54) is 31.2 Å². The monoisotopic (exact) mass is 275 g/mol. The maximum absolute atomic E-state index is 6.54. The molecule has 1 N–H and O–H groups in total. The fourth-order valence-electron chi connectivity index (χ4n) is 4.09. The van der Waals surface area contributed by atoms with Crippen LogP contribution in [0.2, 0.25) is 0 Å². The Morgan fingerprint density at radius 3 is 3.00 bits per heavy atom. The van der Waals surface area contributed by atoms with E-state index in [9.17, 15) is 0 Å². The van der Waals surface area contributed by atoms with Gasteiger partial charge in [0.25, 0.3) is 0 Å². The van der Waals surface area contributed by atoms with E-state index in [0.29, 0.717) is 12.0 Å². The molecule has 1 saturated carbocycles. The molecule has 0 aromatic heterocycles. The summed E-state index contributed by atoms with van der Waals surface area (Å²) in [7, 11) is 3.76. The van der Waals surface area contributed by atoms with Crippen LogP contribution in [0.4, 0.5) is 0 Å². The molecule has 110 valence electrons. The van der Waals surface area contributed by atoms with E-state index < -0.39 is 0 Å². The Morgan fingerprint density at radius 2 is 2.30 bits per heavy atom. The first-order valence-electron chi connectivity index (χ1n) is 7.76. The van der Waals surface area contributed by atoms with Crippen LogP contribution in [-0.4, -0.2) is 19.8 Å². The van der Waals surface area contributed by atoms with E-state index in [1.807, 2.05) is 19.2 Å². The lowest BCUT2D eigenvalue weighted by molar-refractivity contribution is -0.00485. The lowest BCUT2D eigenvalue weighted by Gasteiger charge is -2.43. The van der Waals surface area contributed by atoms with E-state index in [1.54, 1.807) is 7.11 Å². The fraction of sp³-hybridized carbons (Fsp3) is 0.647. The normalized spacial score (nSPS) is 31.9. The van der Waals surface area contributed by atoms with Crippen LogP contribution in [0.15, 0.2) is 18.2 Å². The van der Waals surface area contributed by atoms with Gasteiger partial charge in [-0.1, -0.05) is 13.0 Å². The van der Waals surface area contributed by atoms with Crippen LogP contribution < -0.4 is 14.8 Å². The highest BCUT2D eigenvalue weighted by molar-refractivity contribution is 5.45. The van der Waals surface area contributed by atoms with Crippen molar-refractivity contribution >= 4 is 0 Å². The third-order valence-corrected chi connectivity index (χ3v) is 5.20. The van der Waals surface area contributed by atoms with Crippen LogP contribution in [-0.2, 0) is 0 Å². The number of hydrogen-bond donors (Lipinski definition) is 1. The fourth-order valence-corrected chi connectivity index (χ4v) is 4.09. The predicted octanol–water partition coefficient (Wildman–Crippen LogP) is 3.69. The van der Waals surface area contributed by atoms with Crippen molar-refractivity contribution in [2.45, 2.75) is 50.7 Å². The van der Waals surface area contributed by atoms with Crippen LogP contribution in [0.3, 0.4) is 0 Å². The highest BCUT2D eigenvalue weighted by atomic mass is 16.5. The van der Waals surface area contributed by atoms with Crippen LogP contribution in [0.25, 0.3) is 0 Å². The molecule has 3 heteroatoms. The lowest BCUT2D eigenvalue weighted by atomic mass is 9.79. The quantitative estimate of drug-likeness (QED) is 0.912. The summed E-state index contributed by atoms with van der Waals surface area (Å²) in [6.45, 7) is 2.29. The second kappa shape index (κ2) is 5.28. The van der Waals surface area contributed by atoms with Gasteiger partial charge in [0.1, 0.15) is 17.1 Å². The Balaban J connectivity index is 2.00. The van der Waals surface area contributed by atoms with Crippen LogP contribution in [0.1, 0.15) is 50.6 Å². The molecule has 2 aliphatic rings. The molecule has 3 rings (SSSR count). The van der Waals surface area contributed by atoms with Gasteiger partial charge in [-0.2, -0.15) is 0 Å². The molecule has 1 aliphatic carbocycles. The van der Waals surface area contributed by atoms with Gasteiger partial charge in [0.2, 0.25) is 0 Å². The van der Waals surface area contributed by atoms with Crippen molar-refractivity contribution in [1.29, 1.82) is 0 Å². The zero-order chi connectivity index (χ0) is 14.2. The molecule has 3 unspecified atom stereocenters. The molecule has 0 bridgehead atoms. The summed E-state index contributed by atoms with van der Waals surface area (Å²) in [5, 5.41) is 3.47. The zero-order valence-electron chi connectivity index (χ0n) is 12.7. The van der Waals surface area contributed by atoms with E-state index in [0.717, 1.165) is 17.9 Å². The number of methoxy groups -OCH3 is 1. The van der Waals surface area contributed by atoms with Gasteiger partial charge in [0.15, 0.2) is 0 Å². The maximum atomic E-state index is 6.54. The van der Waals surface area contributed by atoms with Gasteiger partial charge in [0.05, 0.1) is 7.11 Å². The minimum absolute atomic E-state index is 0.0296. The van der Waals surface area contributed by atoms with Crippen molar-refractivity contribution in [3.8, 4) is 11.5 Å². The van der Waals surface area contributed by atoms with Crippen molar-refractivity contribution in [3.63, 3.8) is 0 Å². The largest absolute Gasteiger partial charge is 0.497 e. The maximum Gasteiger partial charge on any atom is 0.128 e. The van der Waals surface area contributed by atoms with Gasteiger partial charge in [-0.15, -0.1) is 0 Å². The predicted molar refractivity (Wildman–Crippen MR) is 80.4 cm³/mol. The first kappa shape index (κ1) is 13.7. The number of benzene rings is 1. The first-order valence-corrected chi connectivity index (χ1v) is 7.76. The molecule has 3 nitrogen and oxygen atoms in total. The molecule has 0 saturated heterocycles. The second-order valence-electron chi connectivity index (χ2n) is 6.11. The minimum atomic E-state index is 0.0296. The van der Waals surface area contributed by atoms with Crippen LogP contribution >= 0.6 is 0 Å². The average Bonchev–Trinajstić information content (AvgIpc) is 2.87. The number of ether oxygens (including phenoxy) is 2. The van der Waals surface area contributed by atoms with Crippen LogP contribution in [0.5, 0.6) is 11.5 Å². The first-order chi connectivity index (χ1) is 9.72. The van der Waals surface area contributed by atoms with Crippen molar-refractivity contribution in [1.82, 2.24) is 5.32 Å². The lowest BCUT2D eigenvalue weighted by Crippen LogP contribution is -2.46. The second-order valence-corrected chi connectivity index (χ2v) is 6.11. The average molecular weight is 275 g/mol. The Morgan fingerprint density at radius 1 is 1.45 bits per heavy atom. The van der Waals surface area contributed by atoms with Crippen molar-refractivity contribution in [2.75, 3.05) is 14.2 Å². The molecule has 3 atom stereocenters. The molecule has 0 amide bonds. The Bertz CT molecular complexity index is 488. The van der Waals surface area contributed by atoms with Gasteiger partial charge in [0, 0.05) is 24.1 Å². The molecule has 0 radical (unpaired) electrons. The van der Waals surface area contributed by atoms with E-state index in [2.05, 4.69) is 18.3 Å². The molecule has 1 aliphatic heterocycles. The van der Waals surface area contributed by atoms with Crippen molar-refractivity contribution in [2.24, 2.45) is 5.92 Å². The van der Waals surface area contributed by atoms with E-state index in [-0.39, 0.29) is 5.60 Å². The van der Waals surface area contributed by atoms with Crippen molar-refractivity contribution in [3.05, 3.63) is 23.8 Å². The molecule has 1 fully saturated rings. The molecule has 20 heavy (non-hydrogen) atoms. The summed E-state index contributed by atoms with van der Waals surface area (Å²) < 4.78 is 11.9. The zero-order valence-corrected chi connectivity index (χ0v) is 12.7. The van der Waals surface area contributed by atoms with Crippen molar-refractivity contribution < 1.29 is 9.47 Å². The van der Waals surface area contributed by atoms with Crippen LogP contribution in [0, 0.1) is 5.92 Å². The molecule has 1 aromatic carbocycles. The standard InChI is InChI=1S/C17H25NO2/c1-4-12-6-5-9-17(12)11-15(18-2)14-8-7-13(19-3)10-16(14)20-17/h7-8,10,12,15,18H,4-6,9,11H2,1-3H3. The Hall–Kier alpha value is -1.22. The van der Waals surface area contributed by atoms with E-state index in [4.69, 9.17) is 9.47 Å². The van der Waals surface area contributed by atoms with E-state index >= 15 is 0 Å². The molecular formula is C17H25NO2.